The fourth-order valence-corrected chi connectivity index (χ4v) is 2.86. The van der Waals surface area contributed by atoms with Crippen LogP contribution in [0.25, 0.3) is 5.69 Å². The van der Waals surface area contributed by atoms with Crippen LogP contribution >= 0.6 is 15.9 Å². The highest BCUT2D eigenvalue weighted by Gasteiger charge is 2.12. The standard InChI is InChI=1S/C16H22BrN3/c1-4-6-16-13(10-18-5-2)11-19-20(16)15-8-7-14(17)9-12(15)3/h7-9,11,18H,4-6,10H2,1-3H3. The number of halogens is 1. The van der Waals surface area contributed by atoms with Gasteiger partial charge in [0.2, 0.25) is 0 Å². The van der Waals surface area contributed by atoms with Gasteiger partial charge in [-0.25, -0.2) is 4.68 Å². The number of aromatic nitrogens is 2. The van der Waals surface area contributed by atoms with E-state index in [1.807, 2.05) is 6.20 Å². The van der Waals surface area contributed by atoms with Crippen molar-refractivity contribution in [2.24, 2.45) is 0 Å². The molecule has 1 aromatic carbocycles. The molecule has 0 fully saturated rings. The van der Waals surface area contributed by atoms with Crippen molar-refractivity contribution in [3.8, 4) is 5.69 Å². The van der Waals surface area contributed by atoms with E-state index in [1.165, 1.54) is 22.5 Å². The van der Waals surface area contributed by atoms with E-state index in [9.17, 15) is 0 Å². The largest absolute Gasteiger partial charge is 0.313 e. The van der Waals surface area contributed by atoms with Crippen molar-refractivity contribution in [1.29, 1.82) is 0 Å². The minimum atomic E-state index is 0.890. The van der Waals surface area contributed by atoms with Gasteiger partial charge in [-0.1, -0.05) is 36.2 Å². The first kappa shape index (κ1) is 15.3. The molecule has 0 saturated heterocycles. The summed E-state index contributed by atoms with van der Waals surface area (Å²) in [7, 11) is 0. The lowest BCUT2D eigenvalue weighted by molar-refractivity contribution is 0.707. The van der Waals surface area contributed by atoms with Crippen molar-refractivity contribution in [3.63, 3.8) is 0 Å². The van der Waals surface area contributed by atoms with E-state index in [0.29, 0.717) is 0 Å². The van der Waals surface area contributed by atoms with E-state index in [-0.39, 0.29) is 0 Å². The Labute approximate surface area is 129 Å². The average molecular weight is 336 g/mol. The van der Waals surface area contributed by atoms with E-state index in [4.69, 9.17) is 0 Å². The molecule has 0 radical (unpaired) electrons. The zero-order chi connectivity index (χ0) is 14.5. The summed E-state index contributed by atoms with van der Waals surface area (Å²) in [5.74, 6) is 0. The molecule has 0 aliphatic carbocycles. The number of rotatable bonds is 6. The molecule has 2 aromatic rings. The highest BCUT2D eigenvalue weighted by atomic mass is 79.9. The maximum Gasteiger partial charge on any atom is 0.0678 e. The van der Waals surface area contributed by atoms with Crippen molar-refractivity contribution in [1.82, 2.24) is 15.1 Å². The SMILES string of the molecule is CCCc1c(CNCC)cnn1-c1ccc(Br)cc1C. The Morgan fingerprint density at radius 3 is 2.75 bits per heavy atom. The highest BCUT2D eigenvalue weighted by Crippen LogP contribution is 2.22. The molecular formula is C16H22BrN3. The molecule has 0 amide bonds. The number of aryl methyl sites for hydroxylation is 1. The molecule has 1 aromatic heterocycles. The zero-order valence-corrected chi connectivity index (χ0v) is 14.0. The van der Waals surface area contributed by atoms with Crippen molar-refractivity contribution < 1.29 is 0 Å². The molecule has 0 spiro atoms. The first-order valence-electron chi connectivity index (χ1n) is 7.20. The Morgan fingerprint density at radius 1 is 1.30 bits per heavy atom. The van der Waals surface area contributed by atoms with Gasteiger partial charge in [0.1, 0.15) is 0 Å². The van der Waals surface area contributed by atoms with E-state index in [2.05, 4.69) is 70.0 Å². The lowest BCUT2D eigenvalue weighted by atomic mass is 10.1. The Balaban J connectivity index is 2.42. The quantitative estimate of drug-likeness (QED) is 0.864. The second-order valence-electron chi connectivity index (χ2n) is 4.99. The van der Waals surface area contributed by atoms with Crippen LogP contribution in [0.4, 0.5) is 0 Å². The van der Waals surface area contributed by atoms with Gasteiger partial charge in [0.15, 0.2) is 0 Å². The monoisotopic (exact) mass is 335 g/mol. The van der Waals surface area contributed by atoms with E-state index < -0.39 is 0 Å². The molecular weight excluding hydrogens is 314 g/mol. The van der Waals surface area contributed by atoms with Gasteiger partial charge < -0.3 is 5.32 Å². The topological polar surface area (TPSA) is 29.9 Å². The third kappa shape index (κ3) is 3.30. The minimum absolute atomic E-state index is 0.890. The maximum absolute atomic E-state index is 4.61. The second kappa shape index (κ2) is 7.04. The number of hydrogen-bond donors (Lipinski definition) is 1. The Morgan fingerprint density at radius 2 is 2.10 bits per heavy atom. The van der Waals surface area contributed by atoms with Gasteiger partial charge in [0.05, 0.1) is 11.9 Å². The Bertz CT molecular complexity index is 575. The zero-order valence-electron chi connectivity index (χ0n) is 12.4. The second-order valence-corrected chi connectivity index (χ2v) is 5.91. The van der Waals surface area contributed by atoms with Gasteiger partial charge in [-0.15, -0.1) is 0 Å². The average Bonchev–Trinajstić information content (AvgIpc) is 2.80. The first-order chi connectivity index (χ1) is 9.67. The van der Waals surface area contributed by atoms with Crippen molar-refractivity contribution in [2.75, 3.05) is 6.54 Å². The molecule has 0 atom stereocenters. The van der Waals surface area contributed by atoms with E-state index in [0.717, 1.165) is 30.4 Å². The molecule has 0 unspecified atom stereocenters. The van der Waals surface area contributed by atoms with E-state index in [1.54, 1.807) is 0 Å². The van der Waals surface area contributed by atoms with Crippen LogP contribution in [0.2, 0.25) is 0 Å². The van der Waals surface area contributed by atoms with Gasteiger partial charge in [0.25, 0.3) is 0 Å². The molecule has 20 heavy (non-hydrogen) atoms. The maximum atomic E-state index is 4.61. The summed E-state index contributed by atoms with van der Waals surface area (Å²) in [5.41, 5.74) is 5.02. The summed E-state index contributed by atoms with van der Waals surface area (Å²) in [6, 6.07) is 6.34. The predicted octanol–water partition coefficient (Wildman–Crippen LogP) is 4.01. The third-order valence-corrected chi connectivity index (χ3v) is 3.89. The minimum Gasteiger partial charge on any atom is -0.313 e. The van der Waals surface area contributed by atoms with Gasteiger partial charge in [-0.2, -0.15) is 5.10 Å². The molecule has 2 rings (SSSR count). The Hall–Kier alpha value is -1.13. The van der Waals surface area contributed by atoms with Crippen LogP contribution in [0, 0.1) is 6.92 Å². The fraction of sp³-hybridized carbons (Fsp3) is 0.438. The highest BCUT2D eigenvalue weighted by molar-refractivity contribution is 9.10. The van der Waals surface area contributed by atoms with Crippen molar-refractivity contribution in [2.45, 2.75) is 40.2 Å². The van der Waals surface area contributed by atoms with Crippen LogP contribution < -0.4 is 5.32 Å². The van der Waals surface area contributed by atoms with Gasteiger partial charge in [-0.3, -0.25) is 0 Å². The van der Waals surface area contributed by atoms with Crippen LogP contribution in [0.5, 0.6) is 0 Å². The van der Waals surface area contributed by atoms with Crippen molar-refractivity contribution >= 4 is 15.9 Å². The summed E-state index contributed by atoms with van der Waals surface area (Å²) in [6.07, 6.45) is 4.17. The lowest BCUT2D eigenvalue weighted by Crippen LogP contribution is -2.13. The predicted molar refractivity (Wildman–Crippen MR) is 87.4 cm³/mol. The molecule has 1 heterocycles. The summed E-state index contributed by atoms with van der Waals surface area (Å²) in [4.78, 5) is 0. The van der Waals surface area contributed by atoms with Crippen LogP contribution in [0.15, 0.2) is 28.9 Å². The van der Waals surface area contributed by atoms with Gasteiger partial charge in [-0.05, 0) is 43.7 Å². The molecule has 0 bridgehead atoms. The van der Waals surface area contributed by atoms with Crippen LogP contribution in [0.3, 0.4) is 0 Å². The van der Waals surface area contributed by atoms with Gasteiger partial charge in [0, 0.05) is 22.3 Å². The Kier molecular flexibility index (Phi) is 5.38. The van der Waals surface area contributed by atoms with Crippen LogP contribution in [-0.4, -0.2) is 16.3 Å². The summed E-state index contributed by atoms with van der Waals surface area (Å²) >= 11 is 3.52. The van der Waals surface area contributed by atoms with E-state index >= 15 is 0 Å². The molecule has 1 N–H and O–H groups in total. The fourth-order valence-electron chi connectivity index (χ4n) is 2.38. The molecule has 3 nitrogen and oxygen atoms in total. The first-order valence-corrected chi connectivity index (χ1v) is 7.99. The lowest BCUT2D eigenvalue weighted by Gasteiger charge is -2.12. The molecule has 0 aliphatic heterocycles. The third-order valence-electron chi connectivity index (χ3n) is 3.39. The number of nitrogens with one attached hydrogen (secondary N) is 1. The smallest absolute Gasteiger partial charge is 0.0678 e. The number of benzene rings is 1. The molecule has 0 aliphatic rings. The molecule has 4 heteroatoms. The van der Waals surface area contributed by atoms with Crippen LogP contribution in [-0.2, 0) is 13.0 Å². The van der Waals surface area contributed by atoms with Crippen molar-refractivity contribution in [3.05, 3.63) is 45.7 Å². The summed E-state index contributed by atoms with van der Waals surface area (Å²) in [6.45, 7) is 8.34. The molecule has 0 saturated carbocycles. The van der Waals surface area contributed by atoms with Crippen LogP contribution in [0.1, 0.15) is 37.1 Å². The normalized spacial score (nSPS) is 11.0. The summed E-state index contributed by atoms with van der Waals surface area (Å²) < 4.78 is 3.20. The summed E-state index contributed by atoms with van der Waals surface area (Å²) in [5, 5.41) is 8.00. The molecule has 108 valence electrons. The van der Waals surface area contributed by atoms with Gasteiger partial charge >= 0.3 is 0 Å². The number of nitrogens with zero attached hydrogens (tertiary/aromatic N) is 2. The number of hydrogen-bond acceptors (Lipinski definition) is 2.